The summed E-state index contributed by atoms with van der Waals surface area (Å²) in [5.41, 5.74) is 0.957. The fourth-order valence-electron chi connectivity index (χ4n) is 2.21. The topological polar surface area (TPSA) is 66.8 Å². The van der Waals surface area contributed by atoms with E-state index in [1.54, 1.807) is 4.90 Å². The Bertz CT molecular complexity index is 340. The van der Waals surface area contributed by atoms with Crippen molar-refractivity contribution in [1.82, 2.24) is 4.90 Å². The third kappa shape index (κ3) is 4.14. The number of ether oxygens (including phenoxy) is 1. The molecule has 0 bridgehead atoms. The van der Waals surface area contributed by atoms with Gasteiger partial charge in [-0.2, -0.15) is 0 Å². The van der Waals surface area contributed by atoms with Crippen molar-refractivity contribution in [2.75, 3.05) is 19.8 Å². The van der Waals surface area contributed by atoms with Crippen molar-refractivity contribution in [2.45, 2.75) is 32.7 Å². The minimum absolute atomic E-state index is 0.00690. The summed E-state index contributed by atoms with van der Waals surface area (Å²) < 4.78 is 5.25. The smallest absolute Gasteiger partial charge is 0.305 e. The van der Waals surface area contributed by atoms with E-state index in [0.717, 1.165) is 5.57 Å². The van der Waals surface area contributed by atoms with E-state index in [-0.39, 0.29) is 24.3 Å². The summed E-state index contributed by atoms with van der Waals surface area (Å²) in [6.07, 6.45) is 0.571. The molecule has 5 nitrogen and oxygen atoms in total. The maximum absolute atomic E-state index is 12.3. The third-order valence-corrected chi connectivity index (χ3v) is 3.00. The zero-order chi connectivity index (χ0) is 13.7. The Morgan fingerprint density at radius 3 is 2.78 bits per heavy atom. The highest BCUT2D eigenvalue weighted by Gasteiger charge is 2.31. The normalized spacial score (nSPS) is 21.4. The van der Waals surface area contributed by atoms with Crippen LogP contribution in [-0.2, 0) is 14.3 Å². The van der Waals surface area contributed by atoms with E-state index in [1.807, 2.05) is 13.8 Å². The predicted molar refractivity (Wildman–Crippen MR) is 67.2 cm³/mol. The van der Waals surface area contributed by atoms with Crippen LogP contribution >= 0.6 is 0 Å². The molecule has 1 fully saturated rings. The number of morpholine rings is 1. The average Bonchev–Trinajstić information content (AvgIpc) is 2.27. The van der Waals surface area contributed by atoms with E-state index < -0.39 is 5.97 Å². The zero-order valence-corrected chi connectivity index (χ0v) is 11.0. The quantitative estimate of drug-likeness (QED) is 0.752. The molecule has 2 atom stereocenters. The van der Waals surface area contributed by atoms with Gasteiger partial charge in [0.15, 0.2) is 0 Å². The molecule has 0 spiro atoms. The number of nitrogens with zero attached hydrogens (tertiary/aromatic N) is 1. The highest BCUT2D eigenvalue weighted by atomic mass is 16.5. The van der Waals surface area contributed by atoms with Gasteiger partial charge in [0.2, 0.25) is 5.91 Å². The fourth-order valence-corrected chi connectivity index (χ4v) is 2.21. The number of hydrogen-bond acceptors (Lipinski definition) is 3. The third-order valence-electron chi connectivity index (χ3n) is 3.00. The molecule has 1 N–H and O–H groups in total. The molecule has 0 aromatic heterocycles. The number of carbonyl (C=O) groups excluding carboxylic acids is 1. The Balaban J connectivity index is 2.67. The lowest BCUT2D eigenvalue weighted by Gasteiger charge is -2.36. The lowest BCUT2D eigenvalue weighted by molar-refractivity contribution is -0.148. The number of carboxylic acids is 1. The first-order valence-electron chi connectivity index (χ1n) is 6.16. The van der Waals surface area contributed by atoms with E-state index in [2.05, 4.69) is 6.58 Å². The van der Waals surface area contributed by atoms with Crippen LogP contribution in [0.25, 0.3) is 0 Å². The Hall–Kier alpha value is -1.36. The van der Waals surface area contributed by atoms with Crippen LogP contribution in [0.3, 0.4) is 0 Å². The maximum Gasteiger partial charge on any atom is 0.305 e. The number of carbonyl (C=O) groups is 2. The molecule has 18 heavy (non-hydrogen) atoms. The van der Waals surface area contributed by atoms with Gasteiger partial charge in [-0.15, -0.1) is 6.58 Å². The highest BCUT2D eigenvalue weighted by molar-refractivity contribution is 5.80. The van der Waals surface area contributed by atoms with Gasteiger partial charge in [-0.3, -0.25) is 9.59 Å². The van der Waals surface area contributed by atoms with Crippen LogP contribution < -0.4 is 0 Å². The van der Waals surface area contributed by atoms with Crippen molar-refractivity contribution in [3.05, 3.63) is 12.2 Å². The number of aliphatic carboxylic acids is 1. The number of rotatable bonds is 5. The summed E-state index contributed by atoms with van der Waals surface area (Å²) in [5.74, 6) is -1.07. The van der Waals surface area contributed by atoms with Gasteiger partial charge in [0.1, 0.15) is 0 Å². The highest BCUT2D eigenvalue weighted by Crippen LogP contribution is 2.18. The fraction of sp³-hybridized carbons (Fsp3) is 0.692. The van der Waals surface area contributed by atoms with Crippen LogP contribution in [-0.4, -0.2) is 47.7 Å². The van der Waals surface area contributed by atoms with Crippen LogP contribution in [0.15, 0.2) is 12.2 Å². The molecule has 1 saturated heterocycles. The molecule has 0 radical (unpaired) electrons. The van der Waals surface area contributed by atoms with Crippen LogP contribution in [0.4, 0.5) is 0 Å². The largest absolute Gasteiger partial charge is 0.481 e. The van der Waals surface area contributed by atoms with Gasteiger partial charge in [-0.05, 0) is 13.3 Å². The van der Waals surface area contributed by atoms with Gasteiger partial charge in [-0.25, -0.2) is 0 Å². The minimum Gasteiger partial charge on any atom is -0.481 e. The lowest BCUT2D eigenvalue weighted by Crippen LogP contribution is -2.51. The second-order valence-electron chi connectivity index (χ2n) is 4.92. The van der Waals surface area contributed by atoms with E-state index in [4.69, 9.17) is 9.84 Å². The molecule has 0 aromatic carbocycles. The molecule has 0 aromatic rings. The maximum atomic E-state index is 12.3. The first-order chi connectivity index (χ1) is 8.41. The van der Waals surface area contributed by atoms with Gasteiger partial charge in [-0.1, -0.05) is 12.5 Å². The van der Waals surface area contributed by atoms with Crippen molar-refractivity contribution in [1.29, 1.82) is 0 Å². The van der Waals surface area contributed by atoms with Crippen LogP contribution in [0.1, 0.15) is 26.7 Å². The van der Waals surface area contributed by atoms with E-state index in [9.17, 15) is 9.59 Å². The van der Waals surface area contributed by atoms with E-state index in [0.29, 0.717) is 26.2 Å². The van der Waals surface area contributed by atoms with Crippen molar-refractivity contribution in [2.24, 2.45) is 5.92 Å². The second-order valence-corrected chi connectivity index (χ2v) is 4.92. The Labute approximate surface area is 107 Å². The molecular formula is C13H21NO4. The van der Waals surface area contributed by atoms with Crippen molar-refractivity contribution >= 4 is 11.9 Å². The van der Waals surface area contributed by atoms with Gasteiger partial charge in [0, 0.05) is 12.5 Å². The first-order valence-corrected chi connectivity index (χ1v) is 6.16. The van der Waals surface area contributed by atoms with Crippen molar-refractivity contribution < 1.29 is 19.4 Å². The van der Waals surface area contributed by atoms with Crippen molar-refractivity contribution in [3.63, 3.8) is 0 Å². The summed E-state index contributed by atoms with van der Waals surface area (Å²) in [6.45, 7) is 8.79. The summed E-state index contributed by atoms with van der Waals surface area (Å²) in [7, 11) is 0. The van der Waals surface area contributed by atoms with Gasteiger partial charge >= 0.3 is 5.97 Å². The SMILES string of the molecule is C=C(C)C[C@@H](C)C(=O)N1CCOC[C@@H]1CC(=O)O. The number of hydrogen-bond donors (Lipinski definition) is 1. The summed E-state index contributed by atoms with van der Waals surface area (Å²) in [6, 6.07) is -0.351. The molecule has 1 rings (SSSR count). The first kappa shape index (κ1) is 14.7. The van der Waals surface area contributed by atoms with E-state index >= 15 is 0 Å². The van der Waals surface area contributed by atoms with Gasteiger partial charge in [0.05, 0.1) is 25.7 Å². The van der Waals surface area contributed by atoms with Gasteiger partial charge in [0.25, 0.3) is 0 Å². The zero-order valence-electron chi connectivity index (χ0n) is 11.0. The number of carboxylic acid groups (broad SMARTS) is 1. The average molecular weight is 255 g/mol. The molecule has 102 valence electrons. The number of amides is 1. The monoisotopic (exact) mass is 255 g/mol. The molecule has 1 aliphatic heterocycles. The second kappa shape index (κ2) is 6.54. The molecular weight excluding hydrogens is 234 g/mol. The van der Waals surface area contributed by atoms with Crippen LogP contribution in [0.5, 0.6) is 0 Å². The van der Waals surface area contributed by atoms with Crippen molar-refractivity contribution in [3.8, 4) is 0 Å². The molecule has 0 unspecified atom stereocenters. The summed E-state index contributed by atoms with van der Waals surface area (Å²) in [4.78, 5) is 24.7. The molecule has 5 heteroatoms. The molecule has 1 amide bonds. The Morgan fingerprint density at radius 2 is 2.22 bits per heavy atom. The van der Waals surface area contributed by atoms with Gasteiger partial charge < -0.3 is 14.7 Å². The van der Waals surface area contributed by atoms with Crippen LogP contribution in [0, 0.1) is 5.92 Å². The molecule has 0 saturated carbocycles. The predicted octanol–water partition coefficient (Wildman–Crippen LogP) is 1.29. The van der Waals surface area contributed by atoms with E-state index in [1.165, 1.54) is 0 Å². The molecule has 0 aliphatic carbocycles. The lowest BCUT2D eigenvalue weighted by atomic mass is 10.00. The summed E-state index contributed by atoms with van der Waals surface area (Å²) in [5, 5.41) is 8.84. The minimum atomic E-state index is -0.907. The Morgan fingerprint density at radius 1 is 1.56 bits per heavy atom. The summed E-state index contributed by atoms with van der Waals surface area (Å²) >= 11 is 0. The Kier molecular flexibility index (Phi) is 5.34. The standard InChI is InChI=1S/C13H21NO4/c1-9(2)6-10(3)13(17)14-4-5-18-8-11(14)7-12(15)16/h10-11H,1,4-8H2,2-3H3,(H,15,16)/t10-,11+/m1/s1. The molecule has 1 aliphatic rings. The number of allylic oxidation sites excluding steroid dienone is 1. The van der Waals surface area contributed by atoms with Crippen LogP contribution in [0.2, 0.25) is 0 Å². The molecule has 1 heterocycles.